The number of aliphatic hydroxyl groups excluding tert-OH is 1. The van der Waals surface area contributed by atoms with Crippen LogP contribution in [0.3, 0.4) is 0 Å². The molecule has 3 atom stereocenters. The zero-order chi connectivity index (χ0) is 11.1. The van der Waals surface area contributed by atoms with Gasteiger partial charge < -0.3 is 10.8 Å². The molecule has 1 aromatic rings. The predicted octanol–water partition coefficient (Wildman–Crippen LogP) is 1.35. The van der Waals surface area contributed by atoms with Gasteiger partial charge in [-0.05, 0) is 18.8 Å². The van der Waals surface area contributed by atoms with Gasteiger partial charge in [-0.15, -0.1) is 23.7 Å². The number of halogens is 1. The van der Waals surface area contributed by atoms with Crippen molar-refractivity contribution in [2.75, 3.05) is 18.8 Å². The summed E-state index contributed by atoms with van der Waals surface area (Å²) >= 11 is 1.57. The van der Waals surface area contributed by atoms with Crippen molar-refractivity contribution < 1.29 is 5.11 Å². The molecule has 1 saturated heterocycles. The van der Waals surface area contributed by atoms with Gasteiger partial charge in [0.1, 0.15) is 0 Å². The van der Waals surface area contributed by atoms with Crippen LogP contribution in [-0.4, -0.2) is 34.2 Å². The normalized spacial score (nSPS) is 32.4. The smallest absolute Gasteiger partial charge is 0.180 e. The first-order valence-electron chi connectivity index (χ1n) is 5.83. The quantitative estimate of drug-likeness (QED) is 0.855. The summed E-state index contributed by atoms with van der Waals surface area (Å²) in [6, 6.07) is 0. The van der Waals surface area contributed by atoms with Crippen LogP contribution in [0.2, 0.25) is 0 Å². The van der Waals surface area contributed by atoms with Crippen molar-refractivity contribution in [1.82, 2.24) is 9.88 Å². The van der Waals surface area contributed by atoms with E-state index >= 15 is 0 Å². The van der Waals surface area contributed by atoms with Crippen LogP contribution >= 0.6 is 23.7 Å². The van der Waals surface area contributed by atoms with Crippen molar-refractivity contribution in [3.8, 4) is 0 Å². The number of fused-ring (bicyclic) bond motifs is 1. The molecule has 2 heterocycles. The van der Waals surface area contributed by atoms with Crippen molar-refractivity contribution in [1.29, 1.82) is 0 Å². The highest BCUT2D eigenvalue weighted by molar-refractivity contribution is 7.15. The minimum atomic E-state index is -0.0680. The number of likely N-dealkylation sites (tertiary alicyclic amines) is 1. The molecule has 1 aromatic heterocycles. The third-order valence-electron chi connectivity index (χ3n) is 3.85. The minimum absolute atomic E-state index is 0. The van der Waals surface area contributed by atoms with Gasteiger partial charge in [-0.2, -0.15) is 0 Å². The van der Waals surface area contributed by atoms with E-state index in [0.717, 1.165) is 26.1 Å². The average Bonchev–Trinajstić information content (AvgIpc) is 2.88. The van der Waals surface area contributed by atoms with Crippen molar-refractivity contribution in [2.24, 2.45) is 11.8 Å². The van der Waals surface area contributed by atoms with Gasteiger partial charge >= 0.3 is 0 Å². The summed E-state index contributed by atoms with van der Waals surface area (Å²) in [5.74, 6) is 1.21. The Balaban J connectivity index is 0.00000108. The molecule has 6 heteroatoms. The Hall–Kier alpha value is -0.360. The van der Waals surface area contributed by atoms with Crippen LogP contribution in [0.15, 0.2) is 6.20 Å². The van der Waals surface area contributed by atoms with Gasteiger partial charge in [0.05, 0.1) is 6.10 Å². The van der Waals surface area contributed by atoms with Gasteiger partial charge in [-0.25, -0.2) is 4.98 Å². The number of nitrogens with two attached hydrogens (primary N) is 1. The van der Waals surface area contributed by atoms with Crippen molar-refractivity contribution in [3.05, 3.63) is 11.1 Å². The third kappa shape index (κ3) is 2.57. The highest BCUT2D eigenvalue weighted by atomic mass is 35.5. The third-order valence-corrected chi connectivity index (χ3v) is 4.66. The summed E-state index contributed by atoms with van der Waals surface area (Å²) in [5, 5.41) is 10.5. The largest absolute Gasteiger partial charge is 0.393 e. The molecule has 3 unspecified atom stereocenters. The summed E-state index contributed by atoms with van der Waals surface area (Å²) in [5.41, 5.74) is 5.62. The molecule has 2 aliphatic rings. The van der Waals surface area contributed by atoms with Gasteiger partial charge in [0.15, 0.2) is 5.13 Å². The molecule has 2 fully saturated rings. The SMILES string of the molecule is Cl.Nc1ncc(CN2CC3CCC(O)C3C2)s1. The summed E-state index contributed by atoms with van der Waals surface area (Å²) in [6.45, 7) is 3.09. The van der Waals surface area contributed by atoms with Crippen molar-refractivity contribution in [2.45, 2.75) is 25.5 Å². The second-order valence-electron chi connectivity index (χ2n) is 4.93. The van der Waals surface area contributed by atoms with E-state index in [-0.39, 0.29) is 18.5 Å². The van der Waals surface area contributed by atoms with E-state index in [9.17, 15) is 5.11 Å². The summed E-state index contributed by atoms with van der Waals surface area (Å²) < 4.78 is 0. The lowest BCUT2D eigenvalue weighted by Crippen LogP contribution is -2.24. The van der Waals surface area contributed by atoms with E-state index in [1.807, 2.05) is 6.20 Å². The molecule has 3 rings (SSSR count). The first kappa shape index (κ1) is 13.1. The molecule has 0 radical (unpaired) electrons. The molecule has 1 aliphatic heterocycles. The molecule has 1 aliphatic carbocycles. The fourth-order valence-electron chi connectivity index (χ4n) is 3.07. The van der Waals surface area contributed by atoms with Crippen LogP contribution in [0.5, 0.6) is 0 Å². The molecular weight excluding hydrogens is 258 g/mol. The minimum Gasteiger partial charge on any atom is -0.393 e. The Morgan fingerprint density at radius 3 is 2.94 bits per heavy atom. The predicted molar refractivity (Wildman–Crippen MR) is 71.3 cm³/mol. The monoisotopic (exact) mass is 275 g/mol. The Labute approximate surface area is 111 Å². The lowest BCUT2D eigenvalue weighted by atomic mass is 10.00. The summed E-state index contributed by atoms with van der Waals surface area (Å²) in [7, 11) is 0. The van der Waals surface area contributed by atoms with E-state index in [1.54, 1.807) is 11.3 Å². The molecule has 0 amide bonds. The molecular formula is C11H18ClN3OS. The second-order valence-corrected chi connectivity index (χ2v) is 6.07. The number of nitrogen functional groups attached to an aromatic ring is 1. The zero-order valence-electron chi connectivity index (χ0n) is 9.58. The molecule has 4 nitrogen and oxygen atoms in total. The van der Waals surface area contributed by atoms with Crippen molar-refractivity contribution >= 4 is 28.9 Å². The highest BCUT2D eigenvalue weighted by Crippen LogP contribution is 2.38. The van der Waals surface area contributed by atoms with E-state index in [2.05, 4.69) is 9.88 Å². The molecule has 0 aromatic carbocycles. The first-order valence-corrected chi connectivity index (χ1v) is 6.64. The highest BCUT2D eigenvalue weighted by Gasteiger charge is 2.41. The Bertz CT molecular complexity index is 387. The standard InChI is InChI=1S/C11H17N3OS.ClH/c12-11-13-3-8(16-11)5-14-4-7-1-2-10(15)9(7)6-14;/h3,7,9-10,15H,1-2,4-6H2,(H2,12,13);1H. The number of aromatic nitrogens is 1. The number of anilines is 1. The second kappa shape index (κ2) is 5.10. The lowest BCUT2D eigenvalue weighted by Gasteiger charge is -2.16. The number of hydrogen-bond acceptors (Lipinski definition) is 5. The maximum Gasteiger partial charge on any atom is 0.180 e. The van der Waals surface area contributed by atoms with Crippen LogP contribution in [0, 0.1) is 11.8 Å². The van der Waals surface area contributed by atoms with E-state index in [0.29, 0.717) is 17.0 Å². The topological polar surface area (TPSA) is 62.4 Å². The molecule has 96 valence electrons. The van der Waals surface area contributed by atoms with Crippen LogP contribution in [0.25, 0.3) is 0 Å². The number of aliphatic hydroxyl groups is 1. The Morgan fingerprint density at radius 2 is 2.29 bits per heavy atom. The van der Waals surface area contributed by atoms with Crippen LogP contribution in [0.4, 0.5) is 5.13 Å². The number of nitrogens with zero attached hydrogens (tertiary/aromatic N) is 2. The van der Waals surface area contributed by atoms with Crippen molar-refractivity contribution in [3.63, 3.8) is 0 Å². The van der Waals surface area contributed by atoms with Crippen LogP contribution < -0.4 is 5.73 Å². The molecule has 1 saturated carbocycles. The van der Waals surface area contributed by atoms with E-state index in [4.69, 9.17) is 5.73 Å². The summed E-state index contributed by atoms with van der Waals surface area (Å²) in [6.07, 6.45) is 3.98. The van der Waals surface area contributed by atoms with Crippen LogP contribution in [0.1, 0.15) is 17.7 Å². The fraction of sp³-hybridized carbons (Fsp3) is 0.727. The van der Waals surface area contributed by atoms with Gasteiger partial charge in [-0.3, -0.25) is 4.90 Å². The lowest BCUT2D eigenvalue weighted by molar-refractivity contribution is 0.123. The zero-order valence-corrected chi connectivity index (χ0v) is 11.2. The van der Waals surface area contributed by atoms with E-state index < -0.39 is 0 Å². The molecule has 0 bridgehead atoms. The Morgan fingerprint density at radius 1 is 1.47 bits per heavy atom. The first-order chi connectivity index (χ1) is 7.72. The van der Waals surface area contributed by atoms with Gasteiger partial charge in [0, 0.05) is 36.6 Å². The number of rotatable bonds is 2. The maximum atomic E-state index is 9.83. The van der Waals surface area contributed by atoms with Gasteiger partial charge in [0.2, 0.25) is 0 Å². The average molecular weight is 276 g/mol. The van der Waals surface area contributed by atoms with Crippen LogP contribution in [-0.2, 0) is 6.54 Å². The summed E-state index contributed by atoms with van der Waals surface area (Å²) in [4.78, 5) is 7.72. The van der Waals surface area contributed by atoms with Gasteiger partial charge in [0.25, 0.3) is 0 Å². The molecule has 3 N–H and O–H groups in total. The number of hydrogen-bond donors (Lipinski definition) is 2. The Kier molecular flexibility index (Phi) is 3.92. The van der Waals surface area contributed by atoms with E-state index in [1.165, 1.54) is 11.3 Å². The molecule has 0 spiro atoms. The van der Waals surface area contributed by atoms with Gasteiger partial charge in [-0.1, -0.05) is 0 Å². The number of thiazole rings is 1. The maximum absolute atomic E-state index is 9.83. The fourth-order valence-corrected chi connectivity index (χ4v) is 3.80. The molecule has 17 heavy (non-hydrogen) atoms.